The Bertz CT molecular complexity index is 1280. The lowest BCUT2D eigenvalue weighted by Gasteiger charge is -2.68. The van der Waals surface area contributed by atoms with Crippen LogP contribution in [0.1, 0.15) is 118 Å². The van der Waals surface area contributed by atoms with Crippen LogP contribution in [0.4, 0.5) is 8.78 Å². The zero-order valence-corrected chi connectivity index (χ0v) is 27.4. The van der Waals surface area contributed by atoms with Crippen molar-refractivity contribution < 1.29 is 29.2 Å². The molecule has 0 saturated heterocycles. The number of allylic oxidation sites excluding steroid dienone is 2. The van der Waals surface area contributed by atoms with Crippen LogP contribution in [0.15, 0.2) is 23.3 Å². The molecule has 0 aromatic carbocycles. The summed E-state index contributed by atoms with van der Waals surface area (Å²) in [6.45, 7) is 8.50. The van der Waals surface area contributed by atoms with Crippen molar-refractivity contribution in [2.75, 3.05) is 0 Å². The standard InChI is InChI=1S/C38H56F2O4/c1-33-17-14-26-24(27(33)19-29(39)32(33)42)13-11-22-8-6-16-37(43,36(22,26)4)38(44)30(40)20-28-23-12-10-21-7-5-9-31(41)35(21,3)25(23)15-18-34(28,38)2/h10-11,23-32,41-44H,5-9,12-20H2,1-4H3/t23-,24-,25-,26-,27+,28+,29?,30?,31?,32?,33+,34+,35+,36+,37?,38?/m1/s1. The van der Waals surface area contributed by atoms with Gasteiger partial charge in [-0.3, -0.25) is 0 Å². The highest BCUT2D eigenvalue weighted by molar-refractivity contribution is 5.38. The van der Waals surface area contributed by atoms with Gasteiger partial charge in [0, 0.05) is 16.2 Å². The fraction of sp³-hybridized carbons (Fsp3) is 0.895. The summed E-state index contributed by atoms with van der Waals surface area (Å²) in [5.74, 6) is 0.479. The number of hydrogen-bond donors (Lipinski definition) is 4. The number of rotatable bonds is 1. The van der Waals surface area contributed by atoms with Gasteiger partial charge in [-0.2, -0.15) is 0 Å². The van der Waals surface area contributed by atoms with Gasteiger partial charge >= 0.3 is 0 Å². The maximum atomic E-state index is 17.2. The van der Waals surface area contributed by atoms with Gasteiger partial charge in [0.25, 0.3) is 0 Å². The van der Waals surface area contributed by atoms with Crippen LogP contribution in [0.5, 0.6) is 0 Å². The van der Waals surface area contributed by atoms with E-state index in [0.717, 1.165) is 63.4 Å². The van der Waals surface area contributed by atoms with Gasteiger partial charge in [0.2, 0.25) is 0 Å². The highest BCUT2D eigenvalue weighted by Gasteiger charge is 2.79. The normalized spacial score (nSPS) is 61.4. The molecule has 6 unspecified atom stereocenters. The molecule has 16 atom stereocenters. The van der Waals surface area contributed by atoms with Gasteiger partial charge in [0.05, 0.1) is 12.2 Å². The molecule has 8 rings (SSSR count). The van der Waals surface area contributed by atoms with Gasteiger partial charge in [-0.25, -0.2) is 8.78 Å². The molecule has 6 heteroatoms. The van der Waals surface area contributed by atoms with E-state index >= 15 is 8.78 Å². The zero-order chi connectivity index (χ0) is 31.2. The number of halogens is 2. The van der Waals surface area contributed by atoms with Crippen molar-refractivity contribution in [1.82, 2.24) is 0 Å². The van der Waals surface area contributed by atoms with E-state index in [-0.39, 0.29) is 53.4 Å². The molecule has 0 heterocycles. The van der Waals surface area contributed by atoms with Gasteiger partial charge in [-0.15, -0.1) is 0 Å². The van der Waals surface area contributed by atoms with E-state index in [0.29, 0.717) is 25.7 Å². The van der Waals surface area contributed by atoms with Crippen LogP contribution in [0.25, 0.3) is 0 Å². The smallest absolute Gasteiger partial charge is 0.132 e. The Balaban J connectivity index is 1.20. The lowest BCUT2D eigenvalue weighted by Crippen LogP contribution is -2.75. The third kappa shape index (κ3) is 3.24. The first-order valence-electron chi connectivity index (χ1n) is 18.2. The number of alkyl halides is 2. The fourth-order valence-corrected chi connectivity index (χ4v) is 14.7. The molecule has 4 N–H and O–H groups in total. The van der Waals surface area contributed by atoms with Gasteiger partial charge in [-0.05, 0) is 131 Å². The van der Waals surface area contributed by atoms with Crippen molar-refractivity contribution in [1.29, 1.82) is 0 Å². The molecule has 0 aliphatic heterocycles. The van der Waals surface area contributed by atoms with E-state index in [2.05, 4.69) is 32.9 Å². The van der Waals surface area contributed by atoms with Gasteiger partial charge in [0.15, 0.2) is 0 Å². The van der Waals surface area contributed by atoms with Crippen molar-refractivity contribution in [3.05, 3.63) is 23.3 Å². The molecule has 246 valence electrons. The maximum Gasteiger partial charge on any atom is 0.132 e. The summed E-state index contributed by atoms with van der Waals surface area (Å²) in [6.07, 6.45) is 10.5. The van der Waals surface area contributed by atoms with Crippen LogP contribution in [-0.4, -0.2) is 56.2 Å². The highest BCUT2D eigenvalue weighted by Crippen LogP contribution is 2.75. The van der Waals surface area contributed by atoms with Crippen molar-refractivity contribution in [2.24, 2.45) is 57.2 Å². The molecule has 6 saturated carbocycles. The molecule has 0 aromatic heterocycles. The van der Waals surface area contributed by atoms with Crippen molar-refractivity contribution in [3.63, 3.8) is 0 Å². The quantitative estimate of drug-likeness (QED) is 0.240. The Labute approximate surface area is 262 Å². The summed E-state index contributed by atoms with van der Waals surface area (Å²) in [7, 11) is 0. The van der Waals surface area contributed by atoms with Gasteiger partial charge in [-0.1, -0.05) is 51.0 Å². The molecule has 0 amide bonds. The largest absolute Gasteiger partial charge is 0.392 e. The summed E-state index contributed by atoms with van der Waals surface area (Å²) >= 11 is 0. The van der Waals surface area contributed by atoms with E-state index in [1.807, 2.05) is 6.92 Å². The van der Waals surface area contributed by atoms with E-state index < -0.39 is 45.9 Å². The highest BCUT2D eigenvalue weighted by atomic mass is 19.1. The SMILES string of the molecule is C[C@]12CC[C@@H]3[C@@H](CC=C4CCCC(O)[C@@]43C)[C@@H]1CC(F)C2(O)C1(O)CCCC2=CC[C@@H]3[C@@H](CC[C@]4(C)C(O)C(F)C[C@@H]34)[C@]21C. The number of aliphatic hydroxyl groups excluding tert-OH is 2. The second-order valence-corrected chi connectivity index (χ2v) is 18.0. The van der Waals surface area contributed by atoms with Crippen molar-refractivity contribution in [2.45, 2.75) is 153 Å². The Morgan fingerprint density at radius 2 is 1.39 bits per heavy atom. The van der Waals surface area contributed by atoms with Gasteiger partial charge in [0.1, 0.15) is 23.5 Å². The van der Waals surface area contributed by atoms with Crippen LogP contribution in [0, 0.1) is 57.2 Å². The van der Waals surface area contributed by atoms with Crippen LogP contribution in [-0.2, 0) is 0 Å². The van der Waals surface area contributed by atoms with E-state index in [1.165, 1.54) is 5.57 Å². The molecule has 0 aromatic rings. The molecule has 8 aliphatic carbocycles. The van der Waals surface area contributed by atoms with E-state index in [4.69, 9.17) is 0 Å². The first-order chi connectivity index (χ1) is 20.7. The third-order valence-electron chi connectivity index (χ3n) is 17.2. The fourth-order valence-electron chi connectivity index (χ4n) is 14.7. The first-order valence-corrected chi connectivity index (χ1v) is 18.2. The predicted molar refractivity (Wildman–Crippen MR) is 166 cm³/mol. The second kappa shape index (κ2) is 9.41. The van der Waals surface area contributed by atoms with E-state index in [1.54, 1.807) is 0 Å². The minimum atomic E-state index is -1.90. The third-order valence-corrected chi connectivity index (χ3v) is 17.2. The molecule has 4 nitrogen and oxygen atoms in total. The lowest BCUT2D eigenvalue weighted by molar-refractivity contribution is -0.296. The molecule has 0 spiro atoms. The Hall–Kier alpha value is -0.820. The maximum absolute atomic E-state index is 17.2. The monoisotopic (exact) mass is 614 g/mol. The molecule has 44 heavy (non-hydrogen) atoms. The molecule has 0 radical (unpaired) electrons. The number of aliphatic hydroxyl groups is 4. The summed E-state index contributed by atoms with van der Waals surface area (Å²) < 4.78 is 32.2. The van der Waals surface area contributed by atoms with Crippen LogP contribution < -0.4 is 0 Å². The second-order valence-electron chi connectivity index (χ2n) is 18.0. The molecule has 0 bridgehead atoms. The Morgan fingerprint density at radius 3 is 2.14 bits per heavy atom. The molecule has 8 aliphatic rings. The first kappa shape index (κ1) is 30.5. The summed E-state index contributed by atoms with van der Waals surface area (Å²) in [5, 5.41) is 48.9. The average molecular weight is 615 g/mol. The topological polar surface area (TPSA) is 80.9 Å². The zero-order valence-electron chi connectivity index (χ0n) is 27.4. The molecule has 6 fully saturated rings. The minimum Gasteiger partial charge on any atom is -0.392 e. The summed E-state index contributed by atoms with van der Waals surface area (Å²) in [5.41, 5.74) is -3.38. The predicted octanol–water partition coefficient (Wildman–Crippen LogP) is 6.99. The van der Waals surface area contributed by atoms with Crippen molar-refractivity contribution in [3.8, 4) is 0 Å². The van der Waals surface area contributed by atoms with Crippen molar-refractivity contribution >= 4 is 0 Å². The summed E-state index contributed by atoms with van der Waals surface area (Å²) in [6, 6.07) is 0. The number of hydrogen-bond acceptors (Lipinski definition) is 4. The average Bonchev–Trinajstić information content (AvgIpc) is 3.36. The van der Waals surface area contributed by atoms with Gasteiger partial charge < -0.3 is 20.4 Å². The lowest BCUT2D eigenvalue weighted by atomic mass is 9.39. The number of fused-ring (bicyclic) bond motifs is 10. The van der Waals surface area contributed by atoms with Crippen LogP contribution >= 0.6 is 0 Å². The van der Waals surface area contributed by atoms with E-state index in [9.17, 15) is 20.4 Å². The summed E-state index contributed by atoms with van der Waals surface area (Å²) in [4.78, 5) is 0. The molecular formula is C38H56F2O4. The minimum absolute atomic E-state index is 0.00931. The van der Waals surface area contributed by atoms with Crippen LogP contribution in [0.2, 0.25) is 0 Å². The van der Waals surface area contributed by atoms with Crippen LogP contribution in [0.3, 0.4) is 0 Å². The molecular weight excluding hydrogens is 558 g/mol. The Kier molecular flexibility index (Phi) is 6.53. The Morgan fingerprint density at radius 1 is 0.727 bits per heavy atom.